The van der Waals surface area contributed by atoms with E-state index in [4.69, 9.17) is 4.74 Å². The van der Waals surface area contributed by atoms with Gasteiger partial charge in [-0.15, -0.1) is 0 Å². The molecule has 0 saturated heterocycles. The summed E-state index contributed by atoms with van der Waals surface area (Å²) in [6.07, 6.45) is 4.85. The van der Waals surface area contributed by atoms with Crippen LogP contribution in [0.2, 0.25) is 0 Å². The van der Waals surface area contributed by atoms with Crippen LogP contribution in [0.1, 0.15) is 27.2 Å². The molecule has 0 aliphatic rings. The van der Waals surface area contributed by atoms with Gasteiger partial charge in [0.05, 0.1) is 0 Å². The maximum atomic E-state index is 12.1. The van der Waals surface area contributed by atoms with Crippen LogP contribution in [0.15, 0.2) is 24.8 Å². The van der Waals surface area contributed by atoms with Gasteiger partial charge >= 0.3 is 0 Å². The topological polar surface area (TPSA) is 94.8 Å². The molecule has 2 aromatic heterocycles. The van der Waals surface area contributed by atoms with E-state index in [1.54, 1.807) is 25.4 Å². The third-order valence-electron chi connectivity index (χ3n) is 2.96. The highest BCUT2D eigenvalue weighted by atomic mass is 16.5. The van der Waals surface area contributed by atoms with Gasteiger partial charge in [-0.05, 0) is 25.3 Å². The van der Waals surface area contributed by atoms with Gasteiger partial charge in [-0.3, -0.25) is 10.1 Å². The number of anilines is 1. The first kappa shape index (κ1) is 16.0. The lowest BCUT2D eigenvalue weighted by atomic mass is 10.1. The minimum atomic E-state index is -0.569. The summed E-state index contributed by atoms with van der Waals surface area (Å²) in [5, 5.41) is 6.68. The Morgan fingerprint density at radius 1 is 1.27 bits per heavy atom. The van der Waals surface area contributed by atoms with E-state index in [0.29, 0.717) is 18.5 Å². The molecule has 1 atom stereocenters. The highest BCUT2D eigenvalue weighted by Crippen LogP contribution is 2.08. The van der Waals surface area contributed by atoms with E-state index in [1.165, 1.54) is 11.0 Å². The zero-order chi connectivity index (χ0) is 15.9. The molecule has 8 nitrogen and oxygen atoms in total. The molecule has 0 radical (unpaired) electrons. The zero-order valence-corrected chi connectivity index (χ0v) is 12.9. The molecule has 1 amide bonds. The Bertz CT molecular complexity index is 598. The fourth-order valence-corrected chi connectivity index (χ4v) is 1.64. The van der Waals surface area contributed by atoms with Gasteiger partial charge in [0, 0.05) is 19.0 Å². The second-order valence-corrected chi connectivity index (χ2v) is 5.23. The lowest BCUT2D eigenvalue weighted by Crippen LogP contribution is -2.29. The van der Waals surface area contributed by atoms with Crippen LogP contribution < -0.4 is 5.32 Å². The molecule has 0 spiro atoms. The minimum Gasteiger partial charge on any atom is -0.369 e. The summed E-state index contributed by atoms with van der Waals surface area (Å²) < 4.78 is 6.87. The Kier molecular flexibility index (Phi) is 5.54. The van der Waals surface area contributed by atoms with E-state index >= 15 is 0 Å². The summed E-state index contributed by atoms with van der Waals surface area (Å²) in [5.74, 6) is 0.849. The molecule has 0 bridgehead atoms. The average Bonchev–Trinajstić information content (AvgIpc) is 2.95. The molecule has 1 unspecified atom stereocenters. The Morgan fingerprint density at radius 3 is 2.68 bits per heavy atom. The van der Waals surface area contributed by atoms with Crippen LogP contribution >= 0.6 is 0 Å². The SMILES string of the molecule is CC(C)CCOC(C)C(=O)Nc1ncnn1-c1ncccn1. The summed E-state index contributed by atoms with van der Waals surface area (Å²) in [4.78, 5) is 24.3. The number of nitrogens with zero attached hydrogens (tertiary/aromatic N) is 5. The van der Waals surface area contributed by atoms with Crippen LogP contribution in [-0.2, 0) is 9.53 Å². The van der Waals surface area contributed by atoms with E-state index in [1.807, 2.05) is 0 Å². The van der Waals surface area contributed by atoms with Crippen LogP contribution in [0.5, 0.6) is 0 Å². The molecular formula is C14H20N6O2. The number of nitrogens with one attached hydrogen (secondary N) is 1. The van der Waals surface area contributed by atoms with Gasteiger partial charge in [-0.25, -0.2) is 9.97 Å². The third-order valence-corrected chi connectivity index (χ3v) is 2.96. The molecule has 1 N–H and O–H groups in total. The van der Waals surface area contributed by atoms with Crippen molar-refractivity contribution >= 4 is 11.9 Å². The second kappa shape index (κ2) is 7.60. The first-order valence-corrected chi connectivity index (χ1v) is 7.17. The quantitative estimate of drug-likeness (QED) is 0.832. The Hall–Kier alpha value is -2.35. The first-order valence-electron chi connectivity index (χ1n) is 7.17. The minimum absolute atomic E-state index is 0.260. The van der Waals surface area contributed by atoms with Crippen LogP contribution in [0, 0.1) is 5.92 Å². The molecule has 0 fully saturated rings. The van der Waals surface area contributed by atoms with E-state index in [9.17, 15) is 4.79 Å². The highest BCUT2D eigenvalue weighted by molar-refractivity contribution is 5.92. The maximum Gasteiger partial charge on any atom is 0.255 e. The number of aromatic nitrogens is 5. The van der Waals surface area contributed by atoms with Crippen LogP contribution in [-0.4, -0.2) is 43.4 Å². The molecule has 8 heteroatoms. The van der Waals surface area contributed by atoms with Crippen molar-refractivity contribution in [3.63, 3.8) is 0 Å². The van der Waals surface area contributed by atoms with Crippen molar-refractivity contribution in [2.75, 3.05) is 11.9 Å². The largest absolute Gasteiger partial charge is 0.369 e. The molecule has 0 aliphatic carbocycles. The highest BCUT2D eigenvalue weighted by Gasteiger charge is 2.17. The molecule has 22 heavy (non-hydrogen) atoms. The molecule has 0 saturated carbocycles. The number of hydrogen-bond acceptors (Lipinski definition) is 6. The molecule has 118 valence electrons. The van der Waals surface area contributed by atoms with Gasteiger partial charge in [-0.1, -0.05) is 13.8 Å². The lowest BCUT2D eigenvalue weighted by molar-refractivity contribution is -0.126. The summed E-state index contributed by atoms with van der Waals surface area (Å²) in [6, 6.07) is 1.70. The second-order valence-electron chi connectivity index (χ2n) is 5.23. The average molecular weight is 304 g/mol. The van der Waals surface area contributed by atoms with Crippen molar-refractivity contribution in [3.8, 4) is 5.95 Å². The van der Waals surface area contributed by atoms with Gasteiger partial charge in [0.15, 0.2) is 0 Å². The fourth-order valence-electron chi connectivity index (χ4n) is 1.64. The number of carbonyl (C=O) groups excluding carboxylic acids is 1. The first-order chi connectivity index (χ1) is 10.6. The van der Waals surface area contributed by atoms with Crippen molar-refractivity contribution in [3.05, 3.63) is 24.8 Å². The molecule has 2 aromatic rings. The van der Waals surface area contributed by atoms with E-state index in [0.717, 1.165) is 6.42 Å². The van der Waals surface area contributed by atoms with Crippen LogP contribution in [0.25, 0.3) is 5.95 Å². The molecule has 2 heterocycles. The number of ether oxygens (including phenoxy) is 1. The van der Waals surface area contributed by atoms with Gasteiger partial charge in [-0.2, -0.15) is 14.8 Å². The van der Waals surface area contributed by atoms with Crippen LogP contribution in [0.4, 0.5) is 5.95 Å². The number of amides is 1. The van der Waals surface area contributed by atoms with Crippen molar-refractivity contribution in [2.24, 2.45) is 5.92 Å². The van der Waals surface area contributed by atoms with Crippen LogP contribution in [0.3, 0.4) is 0 Å². The van der Waals surface area contributed by atoms with E-state index in [-0.39, 0.29) is 11.9 Å². The van der Waals surface area contributed by atoms with Crippen molar-refractivity contribution < 1.29 is 9.53 Å². The molecule has 0 aromatic carbocycles. The lowest BCUT2D eigenvalue weighted by Gasteiger charge is -2.13. The zero-order valence-electron chi connectivity index (χ0n) is 12.9. The summed E-state index contributed by atoms with van der Waals surface area (Å²) in [7, 11) is 0. The predicted molar refractivity (Wildman–Crippen MR) is 80.4 cm³/mol. The monoisotopic (exact) mass is 304 g/mol. The van der Waals surface area contributed by atoms with Crippen molar-refractivity contribution in [1.29, 1.82) is 0 Å². The van der Waals surface area contributed by atoms with Crippen molar-refractivity contribution in [1.82, 2.24) is 24.7 Å². The Balaban J connectivity index is 1.96. The standard InChI is InChI=1S/C14H20N6O2/c1-10(2)5-8-22-11(3)12(21)19-14-17-9-18-20(14)13-15-6-4-7-16-13/h4,6-7,9-11H,5,8H2,1-3H3,(H,17,18,19,21). The normalized spacial score (nSPS) is 12.4. The fraction of sp³-hybridized carbons (Fsp3) is 0.500. The predicted octanol–water partition coefficient (Wildman–Crippen LogP) is 1.45. The van der Waals surface area contributed by atoms with Gasteiger partial charge in [0.2, 0.25) is 5.95 Å². The number of hydrogen-bond donors (Lipinski definition) is 1. The van der Waals surface area contributed by atoms with Gasteiger partial charge in [0.1, 0.15) is 12.4 Å². The van der Waals surface area contributed by atoms with Crippen molar-refractivity contribution in [2.45, 2.75) is 33.3 Å². The van der Waals surface area contributed by atoms with Gasteiger partial charge < -0.3 is 4.74 Å². The third kappa shape index (κ3) is 4.32. The summed E-state index contributed by atoms with van der Waals surface area (Å²) in [6.45, 7) is 6.46. The molecule has 0 aliphatic heterocycles. The smallest absolute Gasteiger partial charge is 0.255 e. The number of carbonyl (C=O) groups is 1. The maximum absolute atomic E-state index is 12.1. The summed E-state index contributed by atoms with van der Waals surface area (Å²) in [5.41, 5.74) is 0. The Morgan fingerprint density at radius 2 is 2.00 bits per heavy atom. The molecule has 2 rings (SSSR count). The van der Waals surface area contributed by atoms with E-state index in [2.05, 4.69) is 39.2 Å². The number of rotatable bonds is 7. The summed E-state index contributed by atoms with van der Waals surface area (Å²) >= 11 is 0. The van der Waals surface area contributed by atoms with Gasteiger partial charge in [0.25, 0.3) is 11.9 Å². The van der Waals surface area contributed by atoms with E-state index < -0.39 is 6.10 Å². The molecular weight excluding hydrogens is 284 g/mol. The Labute approximate surface area is 128 Å².